The summed E-state index contributed by atoms with van der Waals surface area (Å²) in [6.07, 6.45) is 0.848. The van der Waals surface area contributed by atoms with Crippen LogP contribution >= 0.6 is 0 Å². The number of carbonyl (C=O) groups excluding carboxylic acids is 2. The van der Waals surface area contributed by atoms with Crippen LogP contribution in [0.15, 0.2) is 0 Å². The molecule has 0 unspecified atom stereocenters. The Kier molecular flexibility index (Phi) is 3.89. The first-order valence-corrected chi connectivity index (χ1v) is 6.18. The van der Waals surface area contributed by atoms with Crippen molar-refractivity contribution in [3.8, 4) is 0 Å². The number of hydrogen-bond donors (Lipinski definition) is 3. The molecule has 8 heteroatoms. The molecule has 0 spiro atoms. The number of amides is 3. The molecule has 3 N–H and O–H groups in total. The maximum Gasteiger partial charge on any atom is 0.329 e. The molecule has 3 amide bonds. The fourth-order valence-corrected chi connectivity index (χ4v) is 1.86. The lowest BCUT2D eigenvalue weighted by atomic mass is 10.3. The van der Waals surface area contributed by atoms with E-state index in [2.05, 4.69) is 10.6 Å². The fraction of sp³-hybridized carbons (Fsp3) is 0.727. The second kappa shape index (κ2) is 5.43. The first kappa shape index (κ1) is 13.6. The summed E-state index contributed by atoms with van der Waals surface area (Å²) < 4.78 is 5.12. The SMILES string of the molecule is O=C(NCC(=O)N1CCOCC1)NC1(C(=O)O)CC1. The molecule has 0 aromatic heterocycles. The Balaban J connectivity index is 1.71. The number of ether oxygens (including phenoxy) is 1. The van der Waals surface area contributed by atoms with Gasteiger partial charge < -0.3 is 25.4 Å². The summed E-state index contributed by atoms with van der Waals surface area (Å²) in [6.45, 7) is 1.89. The molecular weight excluding hydrogens is 254 g/mol. The van der Waals surface area contributed by atoms with Crippen molar-refractivity contribution >= 4 is 17.9 Å². The lowest BCUT2D eigenvalue weighted by Gasteiger charge is -2.27. The third-order valence-electron chi connectivity index (χ3n) is 3.28. The molecule has 1 saturated heterocycles. The summed E-state index contributed by atoms with van der Waals surface area (Å²) in [5.74, 6) is -1.24. The highest BCUT2D eigenvalue weighted by molar-refractivity contribution is 5.90. The van der Waals surface area contributed by atoms with Crippen LogP contribution in [0, 0.1) is 0 Å². The van der Waals surface area contributed by atoms with E-state index in [1.807, 2.05) is 0 Å². The average molecular weight is 271 g/mol. The van der Waals surface area contributed by atoms with E-state index in [0.717, 1.165) is 0 Å². The molecule has 19 heavy (non-hydrogen) atoms. The van der Waals surface area contributed by atoms with E-state index in [9.17, 15) is 14.4 Å². The van der Waals surface area contributed by atoms with Crippen LogP contribution in [0.1, 0.15) is 12.8 Å². The van der Waals surface area contributed by atoms with Gasteiger partial charge in [0.25, 0.3) is 0 Å². The first-order valence-electron chi connectivity index (χ1n) is 6.18. The monoisotopic (exact) mass is 271 g/mol. The minimum absolute atomic E-state index is 0.137. The average Bonchev–Trinajstić information content (AvgIpc) is 3.18. The van der Waals surface area contributed by atoms with E-state index in [1.54, 1.807) is 4.90 Å². The molecule has 0 radical (unpaired) electrons. The van der Waals surface area contributed by atoms with Crippen LogP contribution in [0.3, 0.4) is 0 Å². The lowest BCUT2D eigenvalue weighted by Crippen LogP contribution is -2.51. The van der Waals surface area contributed by atoms with E-state index in [1.165, 1.54) is 0 Å². The van der Waals surface area contributed by atoms with Crippen LogP contribution in [0.2, 0.25) is 0 Å². The molecule has 1 aliphatic carbocycles. The molecule has 0 atom stereocenters. The molecule has 2 rings (SSSR count). The van der Waals surface area contributed by atoms with Crippen molar-refractivity contribution in [3.63, 3.8) is 0 Å². The molecule has 1 saturated carbocycles. The number of aliphatic carboxylic acids is 1. The van der Waals surface area contributed by atoms with Crippen molar-refractivity contribution < 1.29 is 24.2 Å². The van der Waals surface area contributed by atoms with Crippen LogP contribution in [0.4, 0.5) is 4.79 Å². The summed E-state index contributed by atoms with van der Waals surface area (Å²) in [5.41, 5.74) is -1.13. The van der Waals surface area contributed by atoms with Crippen molar-refractivity contribution in [2.75, 3.05) is 32.8 Å². The molecule has 1 heterocycles. The van der Waals surface area contributed by atoms with Crippen LogP contribution in [-0.4, -0.2) is 66.3 Å². The molecule has 0 bridgehead atoms. The molecule has 1 aliphatic heterocycles. The second-order valence-corrected chi connectivity index (χ2v) is 4.69. The fourth-order valence-electron chi connectivity index (χ4n) is 1.86. The number of carboxylic acids is 1. The Labute approximate surface area is 110 Å². The molecule has 2 fully saturated rings. The smallest absolute Gasteiger partial charge is 0.329 e. The third kappa shape index (κ3) is 3.34. The van der Waals surface area contributed by atoms with Crippen LogP contribution in [0.25, 0.3) is 0 Å². The third-order valence-corrected chi connectivity index (χ3v) is 3.28. The van der Waals surface area contributed by atoms with E-state index in [4.69, 9.17) is 9.84 Å². The Morgan fingerprint density at radius 2 is 1.84 bits per heavy atom. The zero-order valence-electron chi connectivity index (χ0n) is 10.5. The van der Waals surface area contributed by atoms with Crippen molar-refractivity contribution in [1.82, 2.24) is 15.5 Å². The van der Waals surface area contributed by atoms with Gasteiger partial charge in [-0.1, -0.05) is 0 Å². The highest BCUT2D eigenvalue weighted by Crippen LogP contribution is 2.35. The van der Waals surface area contributed by atoms with Crippen LogP contribution in [0.5, 0.6) is 0 Å². The summed E-state index contributed by atoms with van der Waals surface area (Å²) in [7, 11) is 0. The second-order valence-electron chi connectivity index (χ2n) is 4.69. The topological polar surface area (TPSA) is 108 Å². The molecule has 0 aromatic carbocycles. The zero-order valence-corrected chi connectivity index (χ0v) is 10.5. The van der Waals surface area contributed by atoms with Gasteiger partial charge in [-0.2, -0.15) is 0 Å². The van der Waals surface area contributed by atoms with Gasteiger partial charge in [0.2, 0.25) is 5.91 Å². The van der Waals surface area contributed by atoms with Gasteiger partial charge in [-0.15, -0.1) is 0 Å². The van der Waals surface area contributed by atoms with Gasteiger partial charge in [-0.05, 0) is 12.8 Å². The normalized spacial score (nSPS) is 20.5. The highest BCUT2D eigenvalue weighted by atomic mass is 16.5. The number of carboxylic acid groups (broad SMARTS) is 1. The Hall–Kier alpha value is -1.83. The van der Waals surface area contributed by atoms with Gasteiger partial charge >= 0.3 is 12.0 Å². The lowest BCUT2D eigenvalue weighted by molar-refractivity contribution is -0.140. The minimum Gasteiger partial charge on any atom is -0.480 e. The Morgan fingerprint density at radius 1 is 1.21 bits per heavy atom. The number of nitrogens with zero attached hydrogens (tertiary/aromatic N) is 1. The highest BCUT2D eigenvalue weighted by Gasteiger charge is 2.51. The number of nitrogens with one attached hydrogen (secondary N) is 2. The predicted molar refractivity (Wildman–Crippen MR) is 63.5 cm³/mol. The Bertz CT molecular complexity index is 388. The summed E-state index contributed by atoms with van der Waals surface area (Å²) >= 11 is 0. The van der Waals surface area contributed by atoms with Crippen LogP contribution in [-0.2, 0) is 14.3 Å². The van der Waals surface area contributed by atoms with E-state index in [0.29, 0.717) is 39.1 Å². The van der Waals surface area contributed by atoms with Crippen molar-refractivity contribution in [3.05, 3.63) is 0 Å². The zero-order chi connectivity index (χ0) is 13.9. The number of carbonyl (C=O) groups is 3. The summed E-state index contributed by atoms with van der Waals surface area (Å²) in [6, 6.07) is -0.624. The first-order chi connectivity index (χ1) is 9.03. The number of rotatable bonds is 4. The van der Waals surface area contributed by atoms with E-state index < -0.39 is 17.5 Å². The molecule has 106 valence electrons. The van der Waals surface area contributed by atoms with Gasteiger partial charge in [-0.3, -0.25) is 4.79 Å². The number of hydrogen-bond acceptors (Lipinski definition) is 4. The molecular formula is C11H17N3O5. The van der Waals surface area contributed by atoms with Gasteiger partial charge in [0.15, 0.2) is 0 Å². The maximum absolute atomic E-state index is 11.7. The standard InChI is InChI=1S/C11H17N3O5/c15-8(14-3-5-19-6-4-14)7-12-10(18)13-11(1-2-11)9(16)17/h1-7H2,(H,16,17)(H2,12,13,18). The summed E-state index contributed by atoms with van der Waals surface area (Å²) in [4.78, 5) is 35.7. The largest absolute Gasteiger partial charge is 0.480 e. The minimum atomic E-state index is -1.13. The number of morpholine rings is 1. The maximum atomic E-state index is 11.7. The molecule has 0 aromatic rings. The summed E-state index contributed by atoms with van der Waals surface area (Å²) in [5, 5.41) is 13.7. The van der Waals surface area contributed by atoms with Crippen molar-refractivity contribution in [2.24, 2.45) is 0 Å². The van der Waals surface area contributed by atoms with Crippen LogP contribution < -0.4 is 10.6 Å². The Morgan fingerprint density at radius 3 is 2.37 bits per heavy atom. The van der Waals surface area contributed by atoms with E-state index >= 15 is 0 Å². The number of urea groups is 1. The van der Waals surface area contributed by atoms with Gasteiger partial charge in [0, 0.05) is 13.1 Å². The van der Waals surface area contributed by atoms with Gasteiger partial charge in [-0.25, -0.2) is 9.59 Å². The molecule has 8 nitrogen and oxygen atoms in total. The van der Waals surface area contributed by atoms with Gasteiger partial charge in [0.05, 0.1) is 19.8 Å². The van der Waals surface area contributed by atoms with E-state index in [-0.39, 0.29) is 12.5 Å². The van der Waals surface area contributed by atoms with Gasteiger partial charge in [0.1, 0.15) is 5.54 Å². The van der Waals surface area contributed by atoms with Crippen molar-refractivity contribution in [2.45, 2.75) is 18.4 Å². The quantitative estimate of drug-likeness (QED) is 0.593. The predicted octanol–water partition coefficient (Wildman–Crippen LogP) is -1.24. The van der Waals surface area contributed by atoms with Crippen molar-refractivity contribution in [1.29, 1.82) is 0 Å². The molecule has 2 aliphatic rings.